The predicted molar refractivity (Wildman–Crippen MR) is 154 cm³/mol. The Labute approximate surface area is 241 Å². The molecule has 5 rings (SSSR count). The van der Waals surface area contributed by atoms with Crippen molar-refractivity contribution in [3.63, 3.8) is 0 Å². The smallest absolute Gasteiger partial charge is 0.336 e. The number of nitrogen functional groups attached to an aromatic ring is 2. The van der Waals surface area contributed by atoms with E-state index < -0.39 is 17.8 Å². The Balaban J connectivity index is 1.34. The monoisotopic (exact) mass is 572 g/mol. The van der Waals surface area contributed by atoms with E-state index in [2.05, 4.69) is 4.90 Å². The second kappa shape index (κ2) is 12.2. The minimum absolute atomic E-state index is 0.00356. The van der Waals surface area contributed by atoms with E-state index in [9.17, 15) is 23.6 Å². The van der Waals surface area contributed by atoms with Gasteiger partial charge in [0.05, 0.1) is 11.3 Å². The van der Waals surface area contributed by atoms with Crippen molar-refractivity contribution in [2.24, 2.45) is 5.92 Å². The normalized spacial score (nSPS) is 16.4. The summed E-state index contributed by atoms with van der Waals surface area (Å²) in [6.07, 6.45) is 3.07. The molecule has 0 unspecified atom stereocenters. The number of nitrogens with two attached hydrogens (primary N) is 2. The van der Waals surface area contributed by atoms with E-state index in [0.29, 0.717) is 49.4 Å². The first-order valence-corrected chi connectivity index (χ1v) is 13.4. The lowest BCUT2D eigenvalue weighted by molar-refractivity contribution is -0.133. The number of fused-ring (bicyclic) bond motifs is 1. The van der Waals surface area contributed by atoms with Crippen LogP contribution in [0, 0.1) is 11.7 Å². The molecule has 1 fully saturated rings. The Bertz CT molecular complexity index is 1560. The van der Waals surface area contributed by atoms with Crippen LogP contribution in [-0.2, 0) is 9.59 Å². The molecule has 0 atom stereocenters. The highest BCUT2D eigenvalue weighted by Crippen LogP contribution is 2.39. The number of nitrogens with zero attached hydrogens (tertiary/aromatic N) is 2. The zero-order valence-electron chi connectivity index (χ0n) is 22.6. The molecule has 0 aliphatic carbocycles. The van der Waals surface area contributed by atoms with Crippen LogP contribution in [0.25, 0.3) is 0 Å². The highest BCUT2D eigenvalue weighted by molar-refractivity contribution is 6.10. The van der Waals surface area contributed by atoms with E-state index in [0.717, 1.165) is 12.2 Å². The summed E-state index contributed by atoms with van der Waals surface area (Å²) in [5, 5.41) is 0. The summed E-state index contributed by atoms with van der Waals surface area (Å²) in [7, 11) is 0. The number of benzene rings is 3. The van der Waals surface area contributed by atoms with Gasteiger partial charge in [-0.15, -0.1) is 0 Å². The molecule has 0 radical (unpaired) electrons. The van der Waals surface area contributed by atoms with E-state index >= 15 is 0 Å². The molecule has 11 heteroatoms. The van der Waals surface area contributed by atoms with Gasteiger partial charge in [-0.25, -0.2) is 14.0 Å². The van der Waals surface area contributed by atoms with Crippen molar-refractivity contribution in [1.82, 2.24) is 4.90 Å². The molecule has 10 nitrogen and oxygen atoms in total. The summed E-state index contributed by atoms with van der Waals surface area (Å²) in [6, 6.07) is 15.2. The summed E-state index contributed by atoms with van der Waals surface area (Å²) in [4.78, 5) is 54.9. The van der Waals surface area contributed by atoms with Gasteiger partial charge in [0.1, 0.15) is 5.82 Å². The number of hydrogen-bond acceptors (Lipinski definition) is 9. The largest absolute Gasteiger partial charge is 0.418 e. The molecule has 0 saturated carbocycles. The van der Waals surface area contributed by atoms with E-state index in [4.69, 9.17) is 20.9 Å². The maximum atomic E-state index is 14.0. The molecule has 2 aliphatic heterocycles. The van der Waals surface area contributed by atoms with E-state index in [1.54, 1.807) is 24.3 Å². The molecular formula is C31H29FN4O6. The number of halogens is 1. The Morgan fingerprint density at radius 3 is 2.24 bits per heavy atom. The zero-order chi connectivity index (χ0) is 29.8. The first-order valence-electron chi connectivity index (χ1n) is 13.4. The Morgan fingerprint density at radius 1 is 0.905 bits per heavy atom. The number of ether oxygens (including phenoxy) is 2. The fourth-order valence-electron chi connectivity index (χ4n) is 5.05. The van der Waals surface area contributed by atoms with Gasteiger partial charge in [-0.05, 0) is 80.5 Å². The number of carbonyl (C=O) groups is 4. The van der Waals surface area contributed by atoms with Crippen LogP contribution < -0.4 is 25.8 Å². The number of Topliss-reactive ketones (excluding diaryl/α,β-unsaturated/α-hetero) is 1. The zero-order valence-corrected chi connectivity index (χ0v) is 22.6. The van der Waals surface area contributed by atoms with Crippen LogP contribution in [0.15, 0.2) is 72.8 Å². The summed E-state index contributed by atoms with van der Waals surface area (Å²) >= 11 is 0. The molecule has 2 heterocycles. The van der Waals surface area contributed by atoms with Crippen LogP contribution in [0.1, 0.15) is 33.6 Å². The molecule has 0 spiro atoms. The summed E-state index contributed by atoms with van der Waals surface area (Å²) in [6.45, 7) is 1.99. The number of hydrogen-bond donors (Lipinski definition) is 2. The predicted octanol–water partition coefficient (Wildman–Crippen LogP) is 3.61. The highest BCUT2D eigenvalue weighted by atomic mass is 19.1. The third-order valence-corrected chi connectivity index (χ3v) is 7.29. The Kier molecular flexibility index (Phi) is 8.30. The maximum Gasteiger partial charge on any atom is 0.336 e. The van der Waals surface area contributed by atoms with E-state index in [1.807, 2.05) is 0 Å². The first-order chi connectivity index (χ1) is 20.2. The maximum absolute atomic E-state index is 14.0. The number of esters is 2. The summed E-state index contributed by atoms with van der Waals surface area (Å²) in [5.74, 6) is -3.25. The van der Waals surface area contributed by atoms with Crippen molar-refractivity contribution in [2.75, 3.05) is 42.5 Å². The van der Waals surface area contributed by atoms with Crippen molar-refractivity contribution in [1.29, 1.82) is 0 Å². The lowest BCUT2D eigenvalue weighted by atomic mass is 9.89. The number of ketones is 1. The fraction of sp³-hybridized carbons (Fsp3) is 0.226. The van der Waals surface area contributed by atoms with Crippen molar-refractivity contribution in [3.8, 4) is 11.5 Å². The third kappa shape index (κ3) is 6.31. The van der Waals surface area contributed by atoms with Gasteiger partial charge in [-0.3, -0.25) is 9.59 Å². The highest BCUT2D eigenvalue weighted by Gasteiger charge is 2.30. The first kappa shape index (κ1) is 28.5. The van der Waals surface area contributed by atoms with Gasteiger partial charge >= 0.3 is 11.9 Å². The molecule has 2 aliphatic rings. The molecule has 0 bridgehead atoms. The molecular weight excluding hydrogens is 543 g/mol. The second-order valence-electron chi connectivity index (χ2n) is 10.1. The van der Waals surface area contributed by atoms with Crippen LogP contribution in [-0.4, -0.2) is 54.7 Å². The minimum atomic E-state index is -0.860. The third-order valence-electron chi connectivity index (χ3n) is 7.29. The second-order valence-corrected chi connectivity index (χ2v) is 10.1. The van der Waals surface area contributed by atoms with Crippen LogP contribution in [0.5, 0.6) is 11.5 Å². The van der Waals surface area contributed by atoms with Crippen LogP contribution in [0.2, 0.25) is 0 Å². The number of piperidine rings is 1. The fourth-order valence-corrected chi connectivity index (χ4v) is 5.05. The van der Waals surface area contributed by atoms with Gasteiger partial charge < -0.3 is 30.7 Å². The average Bonchev–Trinajstić information content (AvgIpc) is 2.97. The van der Waals surface area contributed by atoms with E-state index in [-0.39, 0.29) is 46.8 Å². The number of amides is 1. The van der Waals surface area contributed by atoms with Crippen molar-refractivity contribution >= 4 is 40.7 Å². The Hall–Kier alpha value is -5.03. The molecule has 42 heavy (non-hydrogen) atoms. The number of anilines is 3. The average molecular weight is 573 g/mol. The van der Waals surface area contributed by atoms with Gasteiger partial charge in [-0.1, -0.05) is 6.07 Å². The molecule has 0 aromatic heterocycles. The topological polar surface area (TPSA) is 145 Å². The molecule has 1 amide bonds. The van der Waals surface area contributed by atoms with Gasteiger partial charge in [0.15, 0.2) is 17.3 Å². The number of carbonyl (C=O) groups excluding carboxylic acids is 4. The quantitative estimate of drug-likeness (QED) is 0.188. The molecule has 3 aromatic carbocycles. The number of likely N-dealkylation sites (tertiary alicyclic amines) is 1. The van der Waals surface area contributed by atoms with Crippen LogP contribution in [0.4, 0.5) is 21.5 Å². The lowest BCUT2D eigenvalue weighted by Gasteiger charge is -2.33. The lowest BCUT2D eigenvalue weighted by Crippen LogP contribution is -2.43. The van der Waals surface area contributed by atoms with Crippen LogP contribution in [0.3, 0.4) is 0 Å². The number of rotatable bonds is 7. The van der Waals surface area contributed by atoms with Crippen molar-refractivity contribution in [2.45, 2.75) is 12.8 Å². The van der Waals surface area contributed by atoms with Crippen LogP contribution >= 0.6 is 0 Å². The van der Waals surface area contributed by atoms with Gasteiger partial charge in [0.25, 0.3) is 5.91 Å². The molecule has 3 aromatic rings. The summed E-state index contributed by atoms with van der Waals surface area (Å²) < 4.78 is 23.9. The molecule has 216 valence electrons. The van der Waals surface area contributed by atoms with Gasteiger partial charge in [0.2, 0.25) is 0 Å². The van der Waals surface area contributed by atoms with Crippen molar-refractivity contribution < 1.29 is 33.0 Å². The SMILES string of the molecule is Nc1cccc(N(CCN2CCC(C(=O)c3ccc(F)cc3)CC2)C(=O)c2ccc(N)c3c2OC(=O)/C=C/C(=O)O3)c1. The standard InChI is InChI=1S/C31H29FN4O6/c32-21-6-4-19(5-7-21)28(39)20-12-14-35(15-13-20)16-17-36(23-3-1-2-22(33)18-23)31(40)24-8-9-25(34)30-29(24)41-26(37)10-11-27(38)42-30/h1-11,18,20H,12-17,33-34H2/b11-10+. The minimum Gasteiger partial charge on any atom is -0.418 e. The van der Waals surface area contributed by atoms with E-state index in [1.165, 1.54) is 41.3 Å². The van der Waals surface area contributed by atoms with Gasteiger partial charge in [-0.2, -0.15) is 0 Å². The van der Waals surface area contributed by atoms with Crippen molar-refractivity contribution in [3.05, 3.63) is 89.8 Å². The Morgan fingerprint density at radius 2 is 1.57 bits per heavy atom. The van der Waals surface area contributed by atoms with Gasteiger partial charge in [0, 0.05) is 48.1 Å². The summed E-state index contributed by atoms with van der Waals surface area (Å²) in [5.41, 5.74) is 13.5. The molecule has 1 saturated heterocycles. The molecule has 4 N–H and O–H groups in total.